The third-order valence-electron chi connectivity index (χ3n) is 2.40. The molecule has 20 heavy (non-hydrogen) atoms. The number of hydrogen-bond acceptors (Lipinski definition) is 5. The Hall–Kier alpha value is -2.51. The SMILES string of the molecule is CCOC(=O)CCNC(=O)Nc1c(O)ccn(C)c1=O. The molecule has 0 spiro atoms. The summed E-state index contributed by atoms with van der Waals surface area (Å²) in [5, 5.41) is 14.1. The van der Waals surface area contributed by atoms with Crippen LogP contribution >= 0.6 is 0 Å². The zero-order valence-electron chi connectivity index (χ0n) is 11.3. The van der Waals surface area contributed by atoms with E-state index in [1.165, 1.54) is 23.9 Å². The fourth-order valence-electron chi connectivity index (χ4n) is 1.41. The van der Waals surface area contributed by atoms with Crippen LogP contribution in [-0.2, 0) is 16.6 Å². The predicted molar refractivity (Wildman–Crippen MR) is 71.6 cm³/mol. The van der Waals surface area contributed by atoms with Gasteiger partial charge in [0, 0.05) is 19.8 Å². The number of amides is 2. The van der Waals surface area contributed by atoms with Gasteiger partial charge in [0.05, 0.1) is 13.0 Å². The predicted octanol–water partition coefficient (Wildman–Crippen LogP) is 0.166. The summed E-state index contributed by atoms with van der Waals surface area (Å²) in [5.74, 6) is -0.750. The number of urea groups is 1. The van der Waals surface area contributed by atoms with Crippen molar-refractivity contribution in [1.29, 1.82) is 0 Å². The van der Waals surface area contributed by atoms with Crippen LogP contribution in [0.25, 0.3) is 0 Å². The normalized spacial score (nSPS) is 9.90. The Morgan fingerprint density at radius 1 is 1.45 bits per heavy atom. The minimum Gasteiger partial charge on any atom is -0.505 e. The summed E-state index contributed by atoms with van der Waals surface area (Å²) < 4.78 is 5.91. The summed E-state index contributed by atoms with van der Waals surface area (Å²) in [6, 6.07) is 0.600. The van der Waals surface area contributed by atoms with Crippen LogP contribution in [0.5, 0.6) is 5.75 Å². The fraction of sp³-hybridized carbons (Fsp3) is 0.417. The Kier molecular flexibility index (Phi) is 5.57. The summed E-state index contributed by atoms with van der Waals surface area (Å²) in [6.45, 7) is 2.03. The number of aromatic hydroxyl groups is 1. The number of rotatable bonds is 5. The topological polar surface area (TPSA) is 110 Å². The summed E-state index contributed by atoms with van der Waals surface area (Å²) in [7, 11) is 1.49. The Balaban J connectivity index is 2.53. The van der Waals surface area contributed by atoms with Gasteiger partial charge in [-0.15, -0.1) is 0 Å². The lowest BCUT2D eigenvalue weighted by Gasteiger charge is -2.09. The molecule has 0 aliphatic heterocycles. The third-order valence-corrected chi connectivity index (χ3v) is 2.40. The van der Waals surface area contributed by atoms with Gasteiger partial charge in [-0.3, -0.25) is 9.59 Å². The zero-order chi connectivity index (χ0) is 15.1. The van der Waals surface area contributed by atoms with E-state index in [1.54, 1.807) is 6.92 Å². The van der Waals surface area contributed by atoms with E-state index in [1.807, 2.05) is 0 Å². The van der Waals surface area contributed by atoms with E-state index in [0.717, 1.165) is 0 Å². The third kappa shape index (κ3) is 4.30. The average molecular weight is 283 g/mol. The number of pyridine rings is 1. The van der Waals surface area contributed by atoms with Crippen LogP contribution in [0.3, 0.4) is 0 Å². The van der Waals surface area contributed by atoms with Crippen LogP contribution in [-0.4, -0.2) is 34.8 Å². The molecule has 0 unspecified atom stereocenters. The van der Waals surface area contributed by atoms with Gasteiger partial charge >= 0.3 is 12.0 Å². The van der Waals surface area contributed by atoms with Gasteiger partial charge in [0.2, 0.25) is 0 Å². The van der Waals surface area contributed by atoms with E-state index in [-0.39, 0.29) is 31.0 Å². The largest absolute Gasteiger partial charge is 0.505 e. The molecule has 0 saturated carbocycles. The summed E-state index contributed by atoms with van der Waals surface area (Å²) >= 11 is 0. The number of anilines is 1. The molecule has 0 aromatic carbocycles. The monoisotopic (exact) mass is 283 g/mol. The maximum atomic E-state index is 11.7. The summed E-state index contributed by atoms with van der Waals surface area (Å²) in [4.78, 5) is 34.3. The highest BCUT2D eigenvalue weighted by molar-refractivity contribution is 5.90. The van der Waals surface area contributed by atoms with Crippen LogP contribution in [0.15, 0.2) is 17.1 Å². The number of nitrogens with one attached hydrogen (secondary N) is 2. The van der Waals surface area contributed by atoms with Crippen molar-refractivity contribution in [2.45, 2.75) is 13.3 Å². The van der Waals surface area contributed by atoms with Gasteiger partial charge in [-0.1, -0.05) is 0 Å². The molecule has 8 heteroatoms. The number of aromatic nitrogens is 1. The highest BCUT2D eigenvalue weighted by Gasteiger charge is 2.11. The summed E-state index contributed by atoms with van der Waals surface area (Å²) in [6.07, 6.45) is 1.40. The van der Waals surface area contributed by atoms with Crippen molar-refractivity contribution >= 4 is 17.7 Å². The van der Waals surface area contributed by atoms with E-state index in [2.05, 4.69) is 10.6 Å². The molecule has 0 fully saturated rings. The van der Waals surface area contributed by atoms with Gasteiger partial charge in [-0.2, -0.15) is 0 Å². The second-order valence-corrected chi connectivity index (χ2v) is 3.93. The maximum absolute atomic E-state index is 11.7. The van der Waals surface area contributed by atoms with Crippen LogP contribution < -0.4 is 16.2 Å². The number of nitrogens with zero attached hydrogens (tertiary/aromatic N) is 1. The van der Waals surface area contributed by atoms with Gasteiger partial charge in [0.25, 0.3) is 5.56 Å². The molecule has 3 N–H and O–H groups in total. The van der Waals surface area contributed by atoms with Gasteiger partial charge < -0.3 is 25.0 Å². The Labute approximate surface area is 115 Å². The highest BCUT2D eigenvalue weighted by Crippen LogP contribution is 2.16. The standard InChI is InChI=1S/C12H17N3O5/c1-3-20-9(17)4-6-13-12(19)14-10-8(16)5-7-15(2)11(10)18/h5,7,16H,3-4,6H2,1-2H3,(H2,13,14,19). The molecule has 8 nitrogen and oxygen atoms in total. The van der Waals surface area contributed by atoms with Gasteiger partial charge in [-0.25, -0.2) is 4.79 Å². The summed E-state index contributed by atoms with van der Waals surface area (Å²) in [5.41, 5.74) is -0.755. The molecular formula is C12H17N3O5. The molecule has 1 heterocycles. The van der Waals surface area contributed by atoms with E-state index in [0.29, 0.717) is 0 Å². The molecule has 2 amide bonds. The minimum atomic E-state index is -0.687. The van der Waals surface area contributed by atoms with Crippen molar-refractivity contribution in [3.8, 4) is 5.75 Å². The van der Waals surface area contributed by atoms with Crippen LogP contribution in [0.1, 0.15) is 13.3 Å². The quantitative estimate of drug-likeness (QED) is 0.667. The first kappa shape index (κ1) is 15.5. The molecule has 0 bridgehead atoms. The van der Waals surface area contributed by atoms with Crippen molar-refractivity contribution in [2.75, 3.05) is 18.5 Å². The molecule has 1 aromatic heterocycles. The number of aryl methyl sites for hydroxylation is 1. The smallest absolute Gasteiger partial charge is 0.319 e. The van der Waals surface area contributed by atoms with Crippen molar-refractivity contribution in [3.63, 3.8) is 0 Å². The first-order chi connectivity index (χ1) is 9.45. The maximum Gasteiger partial charge on any atom is 0.319 e. The highest BCUT2D eigenvalue weighted by atomic mass is 16.5. The zero-order valence-corrected chi connectivity index (χ0v) is 11.3. The number of carbonyl (C=O) groups excluding carboxylic acids is 2. The van der Waals surface area contributed by atoms with E-state index >= 15 is 0 Å². The second kappa shape index (κ2) is 7.17. The number of ether oxygens (including phenoxy) is 1. The van der Waals surface area contributed by atoms with Crippen LogP contribution in [0.4, 0.5) is 10.5 Å². The molecule has 0 radical (unpaired) electrons. The van der Waals surface area contributed by atoms with E-state index in [4.69, 9.17) is 4.74 Å². The Bertz CT molecular complexity index is 553. The van der Waals surface area contributed by atoms with Crippen molar-refractivity contribution in [1.82, 2.24) is 9.88 Å². The number of hydrogen-bond donors (Lipinski definition) is 3. The van der Waals surface area contributed by atoms with Gasteiger partial charge in [-0.05, 0) is 13.0 Å². The molecular weight excluding hydrogens is 266 g/mol. The second-order valence-electron chi connectivity index (χ2n) is 3.93. The van der Waals surface area contributed by atoms with Gasteiger partial charge in [0.1, 0.15) is 5.75 Å². The van der Waals surface area contributed by atoms with Crippen LogP contribution in [0.2, 0.25) is 0 Å². The first-order valence-corrected chi connectivity index (χ1v) is 6.04. The first-order valence-electron chi connectivity index (χ1n) is 6.04. The van der Waals surface area contributed by atoms with Gasteiger partial charge in [0.15, 0.2) is 5.69 Å². The molecule has 1 aromatic rings. The van der Waals surface area contributed by atoms with Crippen molar-refractivity contribution in [2.24, 2.45) is 7.05 Å². The molecule has 1 rings (SSSR count). The molecule has 0 saturated heterocycles. The van der Waals surface area contributed by atoms with Crippen LogP contribution in [0, 0.1) is 0 Å². The van der Waals surface area contributed by atoms with Crippen molar-refractivity contribution in [3.05, 3.63) is 22.6 Å². The lowest BCUT2D eigenvalue weighted by atomic mass is 10.3. The number of carbonyl (C=O) groups is 2. The number of esters is 1. The molecule has 0 aliphatic rings. The lowest BCUT2D eigenvalue weighted by Crippen LogP contribution is -2.33. The van der Waals surface area contributed by atoms with E-state index < -0.39 is 17.6 Å². The Morgan fingerprint density at radius 2 is 2.15 bits per heavy atom. The average Bonchev–Trinajstić information content (AvgIpc) is 2.39. The van der Waals surface area contributed by atoms with E-state index in [9.17, 15) is 19.5 Å². The molecule has 0 atom stereocenters. The molecule has 110 valence electrons. The minimum absolute atomic E-state index is 0.0278. The molecule has 0 aliphatic carbocycles. The lowest BCUT2D eigenvalue weighted by molar-refractivity contribution is -0.142. The fourth-order valence-corrected chi connectivity index (χ4v) is 1.41. The Morgan fingerprint density at radius 3 is 2.80 bits per heavy atom. The van der Waals surface area contributed by atoms with Crippen molar-refractivity contribution < 1.29 is 19.4 Å².